The van der Waals surface area contributed by atoms with Gasteiger partial charge in [0.05, 0.1) is 0 Å². The molecule has 1 heterocycles. The summed E-state index contributed by atoms with van der Waals surface area (Å²) in [6.45, 7) is 0.688. The van der Waals surface area contributed by atoms with Crippen LogP contribution in [0.15, 0.2) is 109 Å². The molecule has 0 saturated carbocycles. The van der Waals surface area contributed by atoms with E-state index in [-0.39, 0.29) is 0 Å². The van der Waals surface area contributed by atoms with Crippen LogP contribution in [0.3, 0.4) is 0 Å². The Labute approximate surface area is 162 Å². The average Bonchev–Trinajstić information content (AvgIpc) is 2.76. The molecule has 0 N–H and O–H groups in total. The van der Waals surface area contributed by atoms with Crippen molar-refractivity contribution in [3.63, 3.8) is 0 Å². The third kappa shape index (κ3) is 4.45. The van der Waals surface area contributed by atoms with Crippen molar-refractivity contribution in [3.8, 4) is 16.9 Å². The second-order valence-electron chi connectivity index (χ2n) is 6.30. The molecule has 2 heteroatoms. The summed E-state index contributed by atoms with van der Waals surface area (Å²) in [5.74, 6) is 0.992. The summed E-state index contributed by atoms with van der Waals surface area (Å²) >= 11 is 0. The Morgan fingerprint density at radius 2 is 1.04 bits per heavy atom. The summed E-state index contributed by atoms with van der Waals surface area (Å²) in [7, 11) is 0.777. The number of fused-ring (bicyclic) bond motifs is 3. The molecule has 0 aromatic heterocycles. The lowest BCUT2D eigenvalue weighted by atomic mass is 9.97. The van der Waals surface area contributed by atoms with Gasteiger partial charge in [-0.05, 0) is 27.8 Å². The first-order valence-corrected chi connectivity index (χ1v) is 10.1. The molecule has 27 heavy (non-hydrogen) atoms. The van der Waals surface area contributed by atoms with Gasteiger partial charge in [0, 0.05) is 5.56 Å². The van der Waals surface area contributed by atoms with Gasteiger partial charge >= 0.3 is 0 Å². The van der Waals surface area contributed by atoms with Gasteiger partial charge in [-0.25, -0.2) is 0 Å². The molecule has 0 radical (unpaired) electrons. The van der Waals surface area contributed by atoms with Crippen molar-refractivity contribution >= 4 is 19.2 Å². The van der Waals surface area contributed by atoms with Gasteiger partial charge in [0.25, 0.3) is 0 Å². The largest absolute Gasteiger partial charge is 0.488 e. The second-order valence-corrected chi connectivity index (χ2v) is 7.70. The third-order valence-electron chi connectivity index (χ3n) is 4.41. The first-order valence-electron chi connectivity index (χ1n) is 9.07. The van der Waals surface area contributed by atoms with Crippen molar-refractivity contribution in [1.82, 2.24) is 0 Å². The second kappa shape index (κ2) is 8.66. The molecule has 1 aliphatic heterocycles. The van der Waals surface area contributed by atoms with E-state index < -0.39 is 0 Å². The van der Waals surface area contributed by atoms with Crippen LogP contribution in [0.4, 0.5) is 0 Å². The summed E-state index contributed by atoms with van der Waals surface area (Å²) < 4.78 is 5.65. The van der Waals surface area contributed by atoms with Gasteiger partial charge in [-0.3, -0.25) is 0 Å². The highest BCUT2D eigenvalue weighted by Gasteiger charge is 2.14. The van der Waals surface area contributed by atoms with E-state index in [1.54, 1.807) is 0 Å². The quantitative estimate of drug-likeness (QED) is 0.421. The molecule has 1 aliphatic rings. The lowest BCUT2D eigenvalue weighted by Crippen LogP contribution is -2.04. The van der Waals surface area contributed by atoms with Gasteiger partial charge < -0.3 is 4.74 Å². The molecule has 0 saturated heterocycles. The molecule has 1 nitrogen and oxygen atoms in total. The summed E-state index contributed by atoms with van der Waals surface area (Å²) in [6, 6.07) is 37.7. The number of hydrogen-bond donors (Lipinski definition) is 0. The Bertz CT molecular complexity index is 914. The summed E-state index contributed by atoms with van der Waals surface area (Å²) in [6.07, 6.45) is 0. The fourth-order valence-corrected chi connectivity index (χ4v) is 4.14. The molecular formula is C25H21OP. The van der Waals surface area contributed by atoms with Crippen molar-refractivity contribution in [2.24, 2.45) is 0 Å². The maximum Gasteiger partial charge on any atom is 0.127 e. The van der Waals surface area contributed by atoms with E-state index in [1.165, 1.54) is 27.3 Å². The lowest BCUT2D eigenvalue weighted by Gasteiger charge is -2.20. The van der Waals surface area contributed by atoms with Gasteiger partial charge in [-0.2, -0.15) is 0 Å². The van der Waals surface area contributed by atoms with Gasteiger partial charge in [0.1, 0.15) is 12.4 Å². The number of benzene rings is 4. The zero-order chi connectivity index (χ0) is 18.3. The van der Waals surface area contributed by atoms with Crippen LogP contribution >= 0.6 is 8.58 Å². The van der Waals surface area contributed by atoms with Gasteiger partial charge in [0.2, 0.25) is 0 Å². The molecule has 0 atom stereocenters. The van der Waals surface area contributed by atoms with E-state index in [4.69, 9.17) is 4.74 Å². The minimum absolute atomic E-state index is 0.688. The van der Waals surface area contributed by atoms with Crippen molar-refractivity contribution in [1.29, 1.82) is 0 Å². The van der Waals surface area contributed by atoms with E-state index in [9.17, 15) is 0 Å². The van der Waals surface area contributed by atoms with Crippen LogP contribution in [0.5, 0.6) is 5.75 Å². The molecule has 0 spiro atoms. The highest BCUT2D eigenvalue weighted by atomic mass is 31.1. The molecule has 4 aromatic carbocycles. The predicted molar refractivity (Wildman–Crippen MR) is 117 cm³/mol. The minimum Gasteiger partial charge on any atom is -0.488 e. The van der Waals surface area contributed by atoms with E-state index in [1.807, 2.05) is 18.2 Å². The van der Waals surface area contributed by atoms with Crippen LogP contribution in [-0.4, -0.2) is 0 Å². The van der Waals surface area contributed by atoms with E-state index in [0.717, 1.165) is 14.3 Å². The molecule has 4 aromatic rings. The van der Waals surface area contributed by atoms with Gasteiger partial charge in [-0.1, -0.05) is 112 Å². The molecule has 0 aliphatic carbocycles. The topological polar surface area (TPSA) is 9.23 Å². The first kappa shape index (κ1) is 17.5. The third-order valence-corrected chi connectivity index (χ3v) is 5.66. The Hall–Kier alpha value is -2.89. The molecule has 0 bridgehead atoms. The van der Waals surface area contributed by atoms with Crippen LogP contribution < -0.4 is 15.3 Å². The molecule has 0 unspecified atom stereocenters. The standard InChI is InChI=1S/C13H10O.C12H11P/c1-2-6-11-10(5-1)9-14-13-8-4-3-7-12(11)13;1-3-7-11(8-4-1)13-12-9-5-2-6-10-12/h1-8H,9H2;1-10,13H. The highest BCUT2D eigenvalue weighted by Crippen LogP contribution is 2.36. The molecule has 0 fully saturated rings. The molecule has 132 valence electrons. The van der Waals surface area contributed by atoms with Gasteiger partial charge in [0.15, 0.2) is 0 Å². The zero-order valence-electron chi connectivity index (χ0n) is 15.0. The predicted octanol–water partition coefficient (Wildman–Crippen LogP) is 5.56. The normalized spacial score (nSPS) is 11.3. The van der Waals surface area contributed by atoms with Crippen LogP contribution in [0.2, 0.25) is 0 Å². The Morgan fingerprint density at radius 3 is 1.70 bits per heavy atom. The van der Waals surface area contributed by atoms with Crippen LogP contribution in [0.1, 0.15) is 5.56 Å². The van der Waals surface area contributed by atoms with E-state index >= 15 is 0 Å². The number of para-hydroxylation sites is 1. The zero-order valence-corrected chi connectivity index (χ0v) is 16.0. The number of ether oxygens (including phenoxy) is 1. The minimum atomic E-state index is 0.688. The fourth-order valence-electron chi connectivity index (χ4n) is 3.09. The van der Waals surface area contributed by atoms with Crippen molar-refractivity contribution in [2.75, 3.05) is 0 Å². The lowest BCUT2D eigenvalue weighted by molar-refractivity contribution is 0.302. The molecular weight excluding hydrogens is 347 g/mol. The number of hydrogen-bond acceptors (Lipinski definition) is 1. The smallest absolute Gasteiger partial charge is 0.127 e. The Balaban J connectivity index is 0.000000134. The Kier molecular flexibility index (Phi) is 5.62. The summed E-state index contributed by atoms with van der Waals surface area (Å²) in [5.41, 5.74) is 3.77. The monoisotopic (exact) mass is 368 g/mol. The van der Waals surface area contributed by atoms with E-state index in [2.05, 4.69) is 91.0 Å². The fraction of sp³-hybridized carbons (Fsp3) is 0.0400. The van der Waals surface area contributed by atoms with Gasteiger partial charge in [-0.15, -0.1) is 0 Å². The highest BCUT2D eigenvalue weighted by molar-refractivity contribution is 7.55. The maximum atomic E-state index is 5.65. The summed E-state index contributed by atoms with van der Waals surface area (Å²) in [4.78, 5) is 0. The van der Waals surface area contributed by atoms with Crippen LogP contribution in [-0.2, 0) is 6.61 Å². The van der Waals surface area contributed by atoms with Crippen LogP contribution in [0.25, 0.3) is 11.1 Å². The molecule has 0 amide bonds. The van der Waals surface area contributed by atoms with Crippen molar-refractivity contribution in [2.45, 2.75) is 6.61 Å². The Morgan fingerprint density at radius 1 is 0.519 bits per heavy atom. The molecule has 5 rings (SSSR count). The first-order chi connectivity index (χ1) is 13.4. The van der Waals surface area contributed by atoms with Crippen molar-refractivity contribution in [3.05, 3.63) is 115 Å². The van der Waals surface area contributed by atoms with Crippen molar-refractivity contribution < 1.29 is 4.74 Å². The summed E-state index contributed by atoms with van der Waals surface area (Å²) in [5, 5.41) is 2.79. The van der Waals surface area contributed by atoms with Crippen LogP contribution in [0, 0.1) is 0 Å². The number of rotatable bonds is 2. The maximum absolute atomic E-state index is 5.65. The average molecular weight is 368 g/mol. The van der Waals surface area contributed by atoms with E-state index in [0.29, 0.717) is 6.61 Å². The SMILES string of the molecule is c1ccc(Pc2ccccc2)cc1.c1ccc2c(c1)COc1ccccc1-2.